The van der Waals surface area contributed by atoms with Crippen molar-refractivity contribution in [1.82, 2.24) is 24.8 Å². The molecule has 0 unspecified atom stereocenters. The molecule has 3 aromatic heterocycles. The van der Waals surface area contributed by atoms with Crippen LogP contribution in [0.15, 0.2) is 42.9 Å². The van der Waals surface area contributed by atoms with Gasteiger partial charge in [-0.15, -0.1) is 0 Å². The number of likely N-dealkylation sites (N-methyl/N-ethyl adjacent to an activating group) is 1. The highest BCUT2D eigenvalue weighted by Crippen LogP contribution is 2.30. The monoisotopic (exact) mass is 446 g/mol. The Balaban J connectivity index is 1.18. The highest BCUT2D eigenvalue weighted by molar-refractivity contribution is 5.94. The van der Waals surface area contributed by atoms with Crippen molar-refractivity contribution in [2.45, 2.75) is 44.7 Å². The molecule has 1 aliphatic carbocycles. The summed E-state index contributed by atoms with van der Waals surface area (Å²) in [5, 5.41) is 4.44. The van der Waals surface area contributed by atoms with E-state index in [0.29, 0.717) is 24.5 Å². The number of pyridine rings is 2. The second kappa shape index (κ2) is 8.84. The Kier molecular flexibility index (Phi) is 5.74. The van der Waals surface area contributed by atoms with Gasteiger partial charge in [-0.2, -0.15) is 0 Å². The molecule has 2 aliphatic rings. The standard InChI is InChI=1S/C25H30N6O2/c1-16(20-12-18-8-10-26-23(18)28-14-20)29-22-7-6-19(13-27-22)25(33)31-11-9-21(15-31)30(2)24(32)17-4-3-5-17/h6-8,10,12-14,16-17,21H,3-5,9,11,15H2,1-2H3,(H,26,28)(H,27,29)/t16-,21-/m0/s1. The molecule has 1 saturated heterocycles. The van der Waals surface area contributed by atoms with Crippen molar-refractivity contribution in [2.24, 2.45) is 5.92 Å². The molecule has 2 amide bonds. The number of nitrogens with one attached hydrogen (secondary N) is 2. The summed E-state index contributed by atoms with van der Waals surface area (Å²) >= 11 is 0. The van der Waals surface area contributed by atoms with Crippen LogP contribution in [-0.2, 0) is 4.79 Å². The molecular formula is C25H30N6O2. The lowest BCUT2D eigenvalue weighted by atomic mass is 9.84. The first-order chi connectivity index (χ1) is 16.0. The molecule has 1 aliphatic heterocycles. The van der Waals surface area contributed by atoms with Gasteiger partial charge in [0.1, 0.15) is 11.5 Å². The molecule has 2 atom stereocenters. The molecule has 2 N–H and O–H groups in total. The number of H-pyrrole nitrogens is 1. The quantitative estimate of drug-likeness (QED) is 0.603. The van der Waals surface area contributed by atoms with E-state index in [1.165, 1.54) is 0 Å². The number of nitrogens with zero attached hydrogens (tertiary/aromatic N) is 4. The summed E-state index contributed by atoms with van der Waals surface area (Å²) in [4.78, 5) is 41.2. The van der Waals surface area contributed by atoms with E-state index in [0.717, 1.165) is 42.3 Å². The van der Waals surface area contributed by atoms with Crippen LogP contribution < -0.4 is 5.32 Å². The zero-order valence-corrected chi connectivity index (χ0v) is 19.1. The van der Waals surface area contributed by atoms with E-state index in [1.54, 1.807) is 6.20 Å². The van der Waals surface area contributed by atoms with Gasteiger partial charge in [0, 0.05) is 50.0 Å². The van der Waals surface area contributed by atoms with Crippen LogP contribution >= 0.6 is 0 Å². The largest absolute Gasteiger partial charge is 0.363 e. The van der Waals surface area contributed by atoms with Crippen LogP contribution in [0.5, 0.6) is 0 Å². The van der Waals surface area contributed by atoms with Gasteiger partial charge in [-0.25, -0.2) is 9.97 Å². The molecule has 0 bridgehead atoms. The summed E-state index contributed by atoms with van der Waals surface area (Å²) in [5.74, 6) is 1.10. The minimum Gasteiger partial charge on any atom is -0.363 e. The van der Waals surface area contributed by atoms with Crippen molar-refractivity contribution in [3.63, 3.8) is 0 Å². The lowest BCUT2D eigenvalue weighted by Crippen LogP contribution is -2.44. The molecule has 0 radical (unpaired) electrons. The summed E-state index contributed by atoms with van der Waals surface area (Å²) in [6.45, 7) is 3.30. The lowest BCUT2D eigenvalue weighted by molar-refractivity contribution is -0.138. The minimum absolute atomic E-state index is 0.0222. The molecule has 2 fully saturated rings. The topological polar surface area (TPSA) is 94.2 Å². The number of likely N-dealkylation sites (tertiary alicyclic amines) is 1. The Hall–Kier alpha value is -3.42. The number of aromatic nitrogens is 3. The van der Waals surface area contributed by atoms with Crippen LogP contribution in [0, 0.1) is 5.92 Å². The van der Waals surface area contributed by atoms with E-state index in [9.17, 15) is 9.59 Å². The predicted molar refractivity (Wildman–Crippen MR) is 127 cm³/mol. The molecule has 3 aromatic rings. The third-order valence-corrected chi connectivity index (χ3v) is 7.10. The van der Waals surface area contributed by atoms with Crippen molar-refractivity contribution in [3.8, 4) is 0 Å². The van der Waals surface area contributed by atoms with Crippen molar-refractivity contribution < 1.29 is 9.59 Å². The number of amides is 2. The molecular weight excluding hydrogens is 416 g/mol. The lowest BCUT2D eigenvalue weighted by Gasteiger charge is -2.32. The van der Waals surface area contributed by atoms with E-state index in [4.69, 9.17) is 0 Å². The molecule has 0 spiro atoms. The van der Waals surface area contributed by atoms with Gasteiger partial charge in [-0.1, -0.05) is 6.42 Å². The second-order valence-corrected chi connectivity index (χ2v) is 9.25. The van der Waals surface area contributed by atoms with Crippen LogP contribution in [-0.4, -0.2) is 62.7 Å². The number of aromatic amines is 1. The summed E-state index contributed by atoms with van der Waals surface area (Å²) in [7, 11) is 1.88. The maximum atomic E-state index is 13.0. The number of hydrogen-bond acceptors (Lipinski definition) is 5. The van der Waals surface area contributed by atoms with Crippen molar-refractivity contribution in [3.05, 3.63) is 54.0 Å². The van der Waals surface area contributed by atoms with Gasteiger partial charge in [0.15, 0.2) is 0 Å². The molecule has 0 aromatic carbocycles. The molecule has 8 nitrogen and oxygen atoms in total. The second-order valence-electron chi connectivity index (χ2n) is 9.25. The maximum Gasteiger partial charge on any atom is 0.255 e. The van der Waals surface area contributed by atoms with E-state index in [1.807, 2.05) is 47.4 Å². The predicted octanol–water partition coefficient (Wildman–Crippen LogP) is 3.60. The van der Waals surface area contributed by atoms with Crippen LogP contribution in [0.2, 0.25) is 0 Å². The van der Waals surface area contributed by atoms with Crippen LogP contribution in [0.4, 0.5) is 5.82 Å². The smallest absolute Gasteiger partial charge is 0.255 e. The molecule has 8 heteroatoms. The third kappa shape index (κ3) is 4.29. The normalized spacial score (nSPS) is 19.3. The number of carbonyl (C=O) groups is 2. The average molecular weight is 447 g/mol. The van der Waals surface area contributed by atoms with Crippen molar-refractivity contribution >= 4 is 28.7 Å². The fourth-order valence-electron chi connectivity index (χ4n) is 4.65. The van der Waals surface area contributed by atoms with Crippen LogP contribution in [0.25, 0.3) is 11.0 Å². The van der Waals surface area contributed by atoms with Crippen LogP contribution in [0.1, 0.15) is 54.6 Å². The average Bonchev–Trinajstić information content (AvgIpc) is 3.46. The third-order valence-electron chi connectivity index (χ3n) is 7.10. The highest BCUT2D eigenvalue weighted by Gasteiger charge is 2.35. The summed E-state index contributed by atoms with van der Waals surface area (Å²) in [6.07, 6.45) is 9.33. The van der Waals surface area contributed by atoms with E-state index in [2.05, 4.69) is 33.3 Å². The Morgan fingerprint density at radius 3 is 2.76 bits per heavy atom. The van der Waals surface area contributed by atoms with Gasteiger partial charge >= 0.3 is 0 Å². The van der Waals surface area contributed by atoms with Crippen molar-refractivity contribution in [2.75, 3.05) is 25.5 Å². The molecule has 1 saturated carbocycles. The maximum absolute atomic E-state index is 13.0. The first kappa shape index (κ1) is 21.4. The number of hydrogen-bond donors (Lipinski definition) is 2. The van der Waals surface area contributed by atoms with E-state index < -0.39 is 0 Å². The van der Waals surface area contributed by atoms with E-state index in [-0.39, 0.29) is 29.8 Å². The first-order valence-electron chi connectivity index (χ1n) is 11.7. The summed E-state index contributed by atoms with van der Waals surface area (Å²) < 4.78 is 0. The Labute approximate surface area is 193 Å². The van der Waals surface area contributed by atoms with Gasteiger partial charge in [0.25, 0.3) is 5.91 Å². The SMILES string of the molecule is C[C@H](Nc1ccc(C(=O)N2CC[C@H](N(C)C(=O)C3CCC3)C2)cn1)c1cnc2[nH]ccc2c1. The molecule has 5 rings (SSSR count). The fraction of sp³-hybridized carbons (Fsp3) is 0.440. The minimum atomic E-state index is -0.0313. The Bertz CT molecular complexity index is 1150. The number of carbonyl (C=O) groups excluding carboxylic acids is 2. The first-order valence-corrected chi connectivity index (χ1v) is 11.7. The molecule has 33 heavy (non-hydrogen) atoms. The highest BCUT2D eigenvalue weighted by atomic mass is 16.2. The number of anilines is 1. The summed E-state index contributed by atoms with van der Waals surface area (Å²) in [5.41, 5.74) is 2.50. The van der Waals surface area contributed by atoms with Gasteiger partial charge in [0.05, 0.1) is 17.6 Å². The van der Waals surface area contributed by atoms with Gasteiger partial charge in [0.2, 0.25) is 5.91 Å². The Morgan fingerprint density at radius 2 is 2.03 bits per heavy atom. The molecule has 172 valence electrons. The van der Waals surface area contributed by atoms with Gasteiger partial charge in [-0.05, 0) is 56.0 Å². The molecule has 4 heterocycles. The zero-order valence-electron chi connectivity index (χ0n) is 19.1. The fourth-order valence-corrected chi connectivity index (χ4v) is 4.65. The zero-order chi connectivity index (χ0) is 22.9. The van der Waals surface area contributed by atoms with Crippen LogP contribution in [0.3, 0.4) is 0 Å². The summed E-state index contributed by atoms with van der Waals surface area (Å²) in [6, 6.07) is 7.88. The van der Waals surface area contributed by atoms with E-state index >= 15 is 0 Å². The van der Waals surface area contributed by atoms with Crippen molar-refractivity contribution in [1.29, 1.82) is 0 Å². The van der Waals surface area contributed by atoms with Gasteiger partial charge < -0.3 is 20.1 Å². The van der Waals surface area contributed by atoms with Gasteiger partial charge in [-0.3, -0.25) is 9.59 Å². The number of rotatable bonds is 6. The number of fused-ring (bicyclic) bond motifs is 1. The Morgan fingerprint density at radius 1 is 1.18 bits per heavy atom.